The fraction of sp³-hybridized carbons (Fsp3) is 1.00. The standard InChI is InChI=1S/C11H22O2/c1-3-12-8-9-13-11-6-4-10(2)5-7-11/h10-11H,3-9H2,1-2H3. The monoisotopic (exact) mass is 186 g/mol. The first-order chi connectivity index (χ1) is 6.33. The molecule has 0 radical (unpaired) electrons. The second kappa shape index (κ2) is 6.39. The molecular weight excluding hydrogens is 164 g/mol. The molecule has 1 fully saturated rings. The van der Waals surface area contributed by atoms with E-state index < -0.39 is 0 Å². The lowest BCUT2D eigenvalue weighted by atomic mass is 9.89. The van der Waals surface area contributed by atoms with E-state index in [1.165, 1.54) is 25.7 Å². The van der Waals surface area contributed by atoms with E-state index >= 15 is 0 Å². The Morgan fingerprint density at radius 3 is 2.38 bits per heavy atom. The van der Waals surface area contributed by atoms with E-state index in [9.17, 15) is 0 Å². The quantitative estimate of drug-likeness (QED) is 0.614. The Labute approximate surface area is 81.6 Å². The summed E-state index contributed by atoms with van der Waals surface area (Å²) < 4.78 is 10.9. The lowest BCUT2D eigenvalue weighted by Crippen LogP contribution is -2.22. The van der Waals surface area contributed by atoms with Crippen molar-refractivity contribution in [1.29, 1.82) is 0 Å². The van der Waals surface area contributed by atoms with Crippen LogP contribution in [-0.2, 0) is 9.47 Å². The maximum Gasteiger partial charge on any atom is 0.0704 e. The Hall–Kier alpha value is -0.0800. The molecule has 1 aliphatic carbocycles. The molecule has 0 bridgehead atoms. The summed E-state index contributed by atoms with van der Waals surface area (Å²) in [7, 11) is 0. The highest BCUT2D eigenvalue weighted by Gasteiger charge is 2.17. The third-order valence-electron chi connectivity index (χ3n) is 2.75. The van der Waals surface area contributed by atoms with E-state index in [-0.39, 0.29) is 0 Å². The van der Waals surface area contributed by atoms with Crippen molar-refractivity contribution >= 4 is 0 Å². The minimum atomic E-state index is 0.511. The third kappa shape index (κ3) is 4.63. The van der Waals surface area contributed by atoms with Crippen molar-refractivity contribution in [2.24, 2.45) is 5.92 Å². The van der Waals surface area contributed by atoms with Crippen LogP contribution in [-0.4, -0.2) is 25.9 Å². The average Bonchev–Trinajstić information content (AvgIpc) is 2.15. The van der Waals surface area contributed by atoms with Gasteiger partial charge < -0.3 is 9.47 Å². The highest BCUT2D eigenvalue weighted by atomic mass is 16.5. The Morgan fingerprint density at radius 1 is 1.08 bits per heavy atom. The van der Waals surface area contributed by atoms with E-state index in [0.29, 0.717) is 6.10 Å². The molecule has 1 saturated carbocycles. The molecule has 1 rings (SSSR count). The summed E-state index contributed by atoms with van der Waals surface area (Å²) in [6.45, 7) is 6.67. The van der Waals surface area contributed by atoms with Crippen LogP contribution in [0.2, 0.25) is 0 Å². The van der Waals surface area contributed by atoms with Gasteiger partial charge in [0.1, 0.15) is 0 Å². The first-order valence-electron chi connectivity index (χ1n) is 5.52. The molecule has 13 heavy (non-hydrogen) atoms. The number of hydrogen-bond donors (Lipinski definition) is 0. The van der Waals surface area contributed by atoms with Gasteiger partial charge in [-0.1, -0.05) is 6.92 Å². The molecule has 0 N–H and O–H groups in total. The van der Waals surface area contributed by atoms with Crippen molar-refractivity contribution in [2.75, 3.05) is 19.8 Å². The van der Waals surface area contributed by atoms with Gasteiger partial charge in [-0.3, -0.25) is 0 Å². The molecule has 78 valence electrons. The van der Waals surface area contributed by atoms with E-state index in [4.69, 9.17) is 9.47 Å². The van der Waals surface area contributed by atoms with Crippen LogP contribution >= 0.6 is 0 Å². The van der Waals surface area contributed by atoms with Crippen LogP contribution in [0.5, 0.6) is 0 Å². The van der Waals surface area contributed by atoms with Crippen molar-refractivity contribution in [3.63, 3.8) is 0 Å². The summed E-state index contributed by atoms with van der Waals surface area (Å²) in [5.41, 5.74) is 0. The fourth-order valence-corrected chi connectivity index (χ4v) is 1.81. The minimum absolute atomic E-state index is 0.511. The predicted octanol–water partition coefficient (Wildman–Crippen LogP) is 2.62. The largest absolute Gasteiger partial charge is 0.379 e. The maximum absolute atomic E-state index is 5.71. The molecule has 0 atom stereocenters. The van der Waals surface area contributed by atoms with E-state index in [0.717, 1.165) is 25.7 Å². The summed E-state index contributed by atoms with van der Waals surface area (Å²) in [6, 6.07) is 0. The lowest BCUT2D eigenvalue weighted by molar-refractivity contribution is -0.0133. The van der Waals surface area contributed by atoms with Crippen molar-refractivity contribution < 1.29 is 9.47 Å². The molecule has 0 heterocycles. The van der Waals surface area contributed by atoms with Crippen molar-refractivity contribution in [3.05, 3.63) is 0 Å². The lowest BCUT2D eigenvalue weighted by Gasteiger charge is -2.26. The molecule has 0 aliphatic heterocycles. The van der Waals surface area contributed by atoms with Crippen LogP contribution in [0, 0.1) is 5.92 Å². The second-order valence-electron chi connectivity index (χ2n) is 3.95. The van der Waals surface area contributed by atoms with E-state index in [1.54, 1.807) is 0 Å². The van der Waals surface area contributed by atoms with Gasteiger partial charge in [0.15, 0.2) is 0 Å². The van der Waals surface area contributed by atoms with Crippen LogP contribution < -0.4 is 0 Å². The van der Waals surface area contributed by atoms with Gasteiger partial charge in [-0.25, -0.2) is 0 Å². The summed E-state index contributed by atoms with van der Waals surface area (Å²) >= 11 is 0. The van der Waals surface area contributed by atoms with Crippen LogP contribution in [0.15, 0.2) is 0 Å². The zero-order valence-corrected chi connectivity index (χ0v) is 8.92. The summed E-state index contributed by atoms with van der Waals surface area (Å²) in [5.74, 6) is 0.909. The average molecular weight is 186 g/mol. The van der Waals surface area contributed by atoms with Crippen LogP contribution in [0.1, 0.15) is 39.5 Å². The zero-order valence-electron chi connectivity index (χ0n) is 8.92. The molecule has 1 aliphatic rings. The summed E-state index contributed by atoms with van der Waals surface area (Å²) in [5, 5.41) is 0. The number of rotatable bonds is 5. The van der Waals surface area contributed by atoms with E-state index in [2.05, 4.69) is 6.92 Å². The second-order valence-corrected chi connectivity index (χ2v) is 3.95. The van der Waals surface area contributed by atoms with Crippen LogP contribution in [0.25, 0.3) is 0 Å². The normalized spacial score (nSPS) is 29.1. The maximum atomic E-state index is 5.71. The topological polar surface area (TPSA) is 18.5 Å². The van der Waals surface area contributed by atoms with Gasteiger partial charge in [-0.15, -0.1) is 0 Å². The van der Waals surface area contributed by atoms with Crippen LogP contribution in [0.4, 0.5) is 0 Å². The van der Waals surface area contributed by atoms with Gasteiger partial charge in [0, 0.05) is 6.61 Å². The van der Waals surface area contributed by atoms with Crippen molar-refractivity contribution in [3.8, 4) is 0 Å². The van der Waals surface area contributed by atoms with Gasteiger partial charge in [-0.2, -0.15) is 0 Å². The molecule has 0 aromatic rings. The SMILES string of the molecule is CCOCCOC1CCC(C)CC1. The Morgan fingerprint density at radius 2 is 1.77 bits per heavy atom. The number of ether oxygens (including phenoxy) is 2. The molecule has 2 heteroatoms. The highest BCUT2D eigenvalue weighted by Crippen LogP contribution is 2.25. The summed E-state index contributed by atoms with van der Waals surface area (Å²) in [4.78, 5) is 0. The van der Waals surface area contributed by atoms with Gasteiger partial charge in [-0.05, 0) is 38.5 Å². The van der Waals surface area contributed by atoms with Crippen molar-refractivity contribution in [2.45, 2.75) is 45.6 Å². The van der Waals surface area contributed by atoms with Crippen molar-refractivity contribution in [1.82, 2.24) is 0 Å². The Kier molecular flexibility index (Phi) is 5.40. The first-order valence-corrected chi connectivity index (χ1v) is 5.52. The number of hydrogen-bond acceptors (Lipinski definition) is 2. The molecule has 0 spiro atoms. The molecule has 0 aromatic heterocycles. The Bertz CT molecular complexity index is 117. The molecule has 0 amide bonds. The molecule has 0 unspecified atom stereocenters. The Balaban J connectivity index is 1.96. The molecule has 0 saturated heterocycles. The molecule has 0 aromatic carbocycles. The van der Waals surface area contributed by atoms with Crippen LogP contribution in [0.3, 0.4) is 0 Å². The predicted molar refractivity (Wildman–Crippen MR) is 53.9 cm³/mol. The van der Waals surface area contributed by atoms with E-state index in [1.807, 2.05) is 6.92 Å². The highest BCUT2D eigenvalue weighted by molar-refractivity contribution is 4.69. The minimum Gasteiger partial charge on any atom is -0.379 e. The zero-order chi connectivity index (χ0) is 9.52. The van der Waals surface area contributed by atoms with Gasteiger partial charge in [0.25, 0.3) is 0 Å². The first kappa shape index (κ1) is 11.0. The van der Waals surface area contributed by atoms with Gasteiger partial charge >= 0.3 is 0 Å². The molecule has 2 nitrogen and oxygen atoms in total. The smallest absolute Gasteiger partial charge is 0.0704 e. The van der Waals surface area contributed by atoms with Gasteiger partial charge in [0.05, 0.1) is 19.3 Å². The fourth-order valence-electron chi connectivity index (χ4n) is 1.81. The summed E-state index contributed by atoms with van der Waals surface area (Å²) in [6.07, 6.45) is 5.66. The molecular formula is C11H22O2. The van der Waals surface area contributed by atoms with Gasteiger partial charge in [0.2, 0.25) is 0 Å². The third-order valence-corrected chi connectivity index (χ3v) is 2.75.